The second-order valence-corrected chi connectivity index (χ2v) is 4.51. The van der Waals surface area contributed by atoms with Gasteiger partial charge < -0.3 is 0 Å². The fourth-order valence-corrected chi connectivity index (χ4v) is 2.16. The Labute approximate surface area is 89.9 Å². The highest BCUT2D eigenvalue weighted by Crippen LogP contribution is 2.30. The second kappa shape index (κ2) is 3.55. The van der Waals surface area contributed by atoms with Crippen LogP contribution in [-0.2, 0) is 7.05 Å². The maximum absolute atomic E-state index is 10.6. The largest absolute Gasteiger partial charge is 0.296 e. The first-order chi connectivity index (χ1) is 6.70. The Kier molecular flexibility index (Phi) is 2.39. The summed E-state index contributed by atoms with van der Waals surface area (Å²) in [5.41, 5.74) is 1.34. The summed E-state index contributed by atoms with van der Waals surface area (Å²) in [5, 5.41) is 4.20. The first-order valence-corrected chi connectivity index (χ1v) is 5.15. The molecule has 2 aromatic rings. The summed E-state index contributed by atoms with van der Waals surface area (Å²) < 4.78 is 2.27. The predicted octanol–water partition coefficient (Wildman–Crippen LogP) is 2.61. The number of hydrogen-bond acceptors (Lipinski definition) is 3. The van der Waals surface area contributed by atoms with Gasteiger partial charge in [0.2, 0.25) is 0 Å². The molecule has 0 unspecified atom stereocenters. The Balaban J connectivity index is 2.47. The Morgan fingerprint density at radius 3 is 2.86 bits per heavy atom. The van der Waals surface area contributed by atoms with Crippen LogP contribution in [0.2, 0.25) is 4.34 Å². The van der Waals surface area contributed by atoms with E-state index in [1.807, 2.05) is 12.1 Å². The minimum absolute atomic E-state index is 0.560. The molecule has 14 heavy (non-hydrogen) atoms. The molecule has 0 radical (unpaired) electrons. The highest BCUT2D eigenvalue weighted by molar-refractivity contribution is 7.19. The third-order valence-electron chi connectivity index (χ3n) is 1.86. The van der Waals surface area contributed by atoms with Crippen molar-refractivity contribution < 1.29 is 4.79 Å². The van der Waals surface area contributed by atoms with Gasteiger partial charge in [-0.25, -0.2) is 0 Å². The number of nitrogens with zero attached hydrogens (tertiary/aromatic N) is 2. The van der Waals surface area contributed by atoms with Crippen molar-refractivity contribution in [2.45, 2.75) is 0 Å². The molecule has 0 aliphatic carbocycles. The molecule has 3 nitrogen and oxygen atoms in total. The molecule has 2 aromatic heterocycles. The first kappa shape index (κ1) is 9.43. The lowest BCUT2D eigenvalue weighted by atomic mass is 10.3. The number of halogens is 1. The van der Waals surface area contributed by atoms with E-state index < -0.39 is 0 Å². The van der Waals surface area contributed by atoms with Gasteiger partial charge in [0.05, 0.1) is 9.21 Å². The van der Waals surface area contributed by atoms with Crippen LogP contribution in [0.4, 0.5) is 0 Å². The van der Waals surface area contributed by atoms with E-state index in [2.05, 4.69) is 5.10 Å². The maximum atomic E-state index is 10.6. The molecule has 5 heteroatoms. The van der Waals surface area contributed by atoms with Gasteiger partial charge in [-0.1, -0.05) is 11.6 Å². The highest BCUT2D eigenvalue weighted by atomic mass is 35.5. The summed E-state index contributed by atoms with van der Waals surface area (Å²) >= 11 is 7.25. The van der Waals surface area contributed by atoms with E-state index in [1.54, 1.807) is 17.8 Å². The van der Waals surface area contributed by atoms with Crippen LogP contribution in [-0.4, -0.2) is 16.1 Å². The molecule has 0 N–H and O–H groups in total. The molecule has 2 rings (SSSR count). The Morgan fingerprint density at radius 1 is 1.57 bits per heavy atom. The first-order valence-electron chi connectivity index (χ1n) is 3.95. The van der Waals surface area contributed by atoms with Crippen LogP contribution in [0.1, 0.15) is 10.5 Å². The smallest absolute Gasteiger partial charge is 0.168 e. The van der Waals surface area contributed by atoms with Crippen LogP contribution in [0.5, 0.6) is 0 Å². The van der Waals surface area contributed by atoms with E-state index in [0.29, 0.717) is 5.69 Å². The molecular weight excluding hydrogens is 220 g/mol. The van der Waals surface area contributed by atoms with Crippen molar-refractivity contribution in [2.75, 3.05) is 0 Å². The maximum Gasteiger partial charge on any atom is 0.168 e. The van der Waals surface area contributed by atoms with Crippen LogP contribution in [0, 0.1) is 0 Å². The van der Waals surface area contributed by atoms with E-state index in [4.69, 9.17) is 11.6 Å². The summed E-state index contributed by atoms with van der Waals surface area (Å²) in [6.45, 7) is 0. The third-order valence-corrected chi connectivity index (χ3v) is 3.12. The van der Waals surface area contributed by atoms with Crippen LogP contribution < -0.4 is 0 Å². The van der Waals surface area contributed by atoms with Crippen LogP contribution in [0.3, 0.4) is 0 Å². The van der Waals surface area contributed by atoms with Crippen molar-refractivity contribution in [3.63, 3.8) is 0 Å². The molecule has 0 aliphatic heterocycles. The molecule has 0 aromatic carbocycles. The zero-order valence-corrected chi connectivity index (χ0v) is 8.97. The average molecular weight is 227 g/mol. The van der Waals surface area contributed by atoms with Crippen molar-refractivity contribution in [3.05, 3.63) is 28.2 Å². The number of carbonyl (C=O) groups excluding carboxylic acids is 1. The van der Waals surface area contributed by atoms with Crippen LogP contribution >= 0.6 is 22.9 Å². The minimum Gasteiger partial charge on any atom is -0.296 e. The number of aryl methyl sites for hydroxylation is 1. The van der Waals surface area contributed by atoms with E-state index in [-0.39, 0.29) is 0 Å². The number of hydrogen-bond donors (Lipinski definition) is 0. The topological polar surface area (TPSA) is 34.9 Å². The van der Waals surface area contributed by atoms with Gasteiger partial charge in [0.25, 0.3) is 0 Å². The van der Waals surface area contributed by atoms with Gasteiger partial charge in [-0.05, 0) is 18.2 Å². The van der Waals surface area contributed by atoms with Gasteiger partial charge in [0, 0.05) is 7.05 Å². The van der Waals surface area contributed by atoms with E-state index >= 15 is 0 Å². The van der Waals surface area contributed by atoms with Crippen LogP contribution in [0.25, 0.3) is 10.6 Å². The summed E-state index contributed by atoms with van der Waals surface area (Å²) in [6.07, 6.45) is 0.783. The molecule has 0 atom stereocenters. The molecule has 72 valence electrons. The van der Waals surface area contributed by atoms with Crippen molar-refractivity contribution in [1.29, 1.82) is 0 Å². The van der Waals surface area contributed by atoms with Gasteiger partial charge in [-0.2, -0.15) is 5.10 Å². The summed E-state index contributed by atoms with van der Waals surface area (Å²) in [7, 11) is 1.74. The summed E-state index contributed by atoms with van der Waals surface area (Å²) in [6, 6.07) is 5.45. The Morgan fingerprint density at radius 2 is 2.36 bits per heavy atom. The molecule has 0 amide bonds. The molecule has 0 fully saturated rings. The number of aromatic nitrogens is 2. The van der Waals surface area contributed by atoms with Crippen LogP contribution in [0.15, 0.2) is 18.2 Å². The van der Waals surface area contributed by atoms with Gasteiger partial charge in [-0.3, -0.25) is 9.48 Å². The van der Waals surface area contributed by atoms with E-state index in [0.717, 1.165) is 21.2 Å². The Hall–Kier alpha value is -1.13. The second-order valence-electron chi connectivity index (χ2n) is 2.80. The molecular formula is C9H7ClN2OS. The number of rotatable bonds is 2. The fourth-order valence-electron chi connectivity index (χ4n) is 1.16. The SMILES string of the molecule is Cn1nc(-c2ccc(Cl)s2)cc1C=O. The van der Waals surface area contributed by atoms with Gasteiger partial charge in [0.1, 0.15) is 11.4 Å². The Bertz CT molecular complexity index is 475. The van der Waals surface area contributed by atoms with E-state index in [9.17, 15) is 4.79 Å². The van der Waals surface area contributed by atoms with E-state index in [1.165, 1.54) is 11.3 Å². The van der Waals surface area contributed by atoms with Gasteiger partial charge in [0.15, 0.2) is 6.29 Å². The molecule has 0 aliphatic rings. The number of carbonyl (C=O) groups is 1. The lowest BCUT2D eigenvalue weighted by Crippen LogP contribution is -1.95. The molecule has 0 spiro atoms. The summed E-state index contributed by atoms with van der Waals surface area (Å²) in [4.78, 5) is 11.6. The molecule has 0 saturated carbocycles. The van der Waals surface area contributed by atoms with Crippen molar-refractivity contribution in [3.8, 4) is 10.6 Å². The predicted molar refractivity (Wildman–Crippen MR) is 56.9 cm³/mol. The quantitative estimate of drug-likeness (QED) is 0.738. The average Bonchev–Trinajstić information content (AvgIpc) is 2.71. The van der Waals surface area contributed by atoms with Crippen molar-refractivity contribution in [1.82, 2.24) is 9.78 Å². The fraction of sp³-hybridized carbons (Fsp3) is 0.111. The van der Waals surface area contributed by atoms with Gasteiger partial charge >= 0.3 is 0 Å². The van der Waals surface area contributed by atoms with Crippen molar-refractivity contribution in [2.24, 2.45) is 7.05 Å². The number of aldehydes is 1. The molecule has 0 saturated heterocycles. The zero-order chi connectivity index (χ0) is 10.1. The molecule has 0 bridgehead atoms. The highest BCUT2D eigenvalue weighted by Gasteiger charge is 2.08. The standard InChI is InChI=1S/C9H7ClN2OS/c1-12-6(5-13)4-7(11-12)8-2-3-9(10)14-8/h2-5H,1H3. The lowest BCUT2D eigenvalue weighted by Gasteiger charge is -1.88. The molecule has 2 heterocycles. The zero-order valence-electron chi connectivity index (χ0n) is 7.40. The normalized spacial score (nSPS) is 10.4. The van der Waals surface area contributed by atoms with Gasteiger partial charge in [-0.15, -0.1) is 11.3 Å². The van der Waals surface area contributed by atoms with Crippen molar-refractivity contribution >= 4 is 29.2 Å². The summed E-state index contributed by atoms with van der Waals surface area (Å²) in [5.74, 6) is 0. The monoisotopic (exact) mass is 226 g/mol. The number of thiophene rings is 1. The third kappa shape index (κ3) is 1.58. The lowest BCUT2D eigenvalue weighted by molar-refractivity contribution is 0.111. The minimum atomic E-state index is 0.560.